The van der Waals surface area contributed by atoms with Crippen LogP contribution < -0.4 is 5.73 Å². The molecule has 0 bridgehead atoms. The van der Waals surface area contributed by atoms with E-state index < -0.39 is 17.4 Å². The molecule has 164 valence electrons. The zero-order chi connectivity index (χ0) is 22.0. The van der Waals surface area contributed by atoms with Crippen LogP contribution >= 0.6 is 11.6 Å². The van der Waals surface area contributed by atoms with E-state index in [2.05, 4.69) is 6.07 Å². The summed E-state index contributed by atoms with van der Waals surface area (Å²) in [5, 5.41) is 10.2. The third-order valence-corrected chi connectivity index (χ3v) is 7.02. The Morgan fingerprint density at radius 1 is 1.19 bits per heavy atom. The highest BCUT2D eigenvalue weighted by atomic mass is 35.5. The van der Waals surface area contributed by atoms with E-state index in [1.807, 2.05) is 47.4 Å². The van der Waals surface area contributed by atoms with Crippen molar-refractivity contribution in [3.63, 3.8) is 0 Å². The van der Waals surface area contributed by atoms with Gasteiger partial charge in [0.25, 0.3) is 0 Å². The van der Waals surface area contributed by atoms with E-state index in [1.54, 1.807) is 0 Å². The van der Waals surface area contributed by atoms with Gasteiger partial charge in [0.1, 0.15) is 0 Å². The minimum Gasteiger partial charge on any atom is -0.481 e. The Labute approximate surface area is 188 Å². The van der Waals surface area contributed by atoms with Crippen molar-refractivity contribution in [3.05, 3.63) is 70.2 Å². The summed E-state index contributed by atoms with van der Waals surface area (Å²) in [6.45, 7) is 1.07. The van der Waals surface area contributed by atoms with Gasteiger partial charge in [0.2, 0.25) is 5.91 Å². The van der Waals surface area contributed by atoms with Gasteiger partial charge in [-0.25, -0.2) is 0 Å². The molecule has 1 fully saturated rings. The Morgan fingerprint density at radius 2 is 1.94 bits per heavy atom. The summed E-state index contributed by atoms with van der Waals surface area (Å²) in [4.78, 5) is 27.1. The van der Waals surface area contributed by atoms with Crippen molar-refractivity contribution in [3.8, 4) is 0 Å². The minimum absolute atomic E-state index is 0.0508. The predicted molar refractivity (Wildman–Crippen MR) is 121 cm³/mol. The number of carbonyl (C=O) groups is 2. The molecular weight excluding hydrogens is 412 g/mol. The molecule has 1 heterocycles. The maximum absolute atomic E-state index is 13.6. The minimum atomic E-state index is -0.931. The van der Waals surface area contributed by atoms with Gasteiger partial charge < -0.3 is 15.7 Å². The van der Waals surface area contributed by atoms with Crippen molar-refractivity contribution in [1.29, 1.82) is 0 Å². The maximum Gasteiger partial charge on any atom is 0.304 e. The van der Waals surface area contributed by atoms with E-state index >= 15 is 0 Å². The number of hydrogen-bond acceptors (Lipinski definition) is 3. The molecule has 0 radical (unpaired) electrons. The standard InChI is InChI=1S/C25H29ClN2O3/c26-19-9-6-17(7-10-19)15-25(27)12-3-13-28(16-25)24(31)22(14-23(29)30)21-11-8-18-4-1-2-5-20(18)21/h1-2,4-7,9-10,21-22H,3,8,11-16,27H2,(H,29,30)/t21-,22-,25+/m0/s1. The van der Waals surface area contributed by atoms with E-state index in [0.29, 0.717) is 24.5 Å². The van der Waals surface area contributed by atoms with Gasteiger partial charge in [-0.05, 0) is 66.8 Å². The zero-order valence-electron chi connectivity index (χ0n) is 17.6. The Morgan fingerprint density at radius 3 is 2.68 bits per heavy atom. The molecule has 0 saturated carbocycles. The molecule has 2 aromatic carbocycles. The fourth-order valence-electron chi connectivity index (χ4n) is 5.33. The molecular formula is C25H29ClN2O3. The number of hydrogen-bond donors (Lipinski definition) is 2. The second kappa shape index (κ2) is 9.01. The summed E-state index contributed by atoms with van der Waals surface area (Å²) >= 11 is 6.00. The van der Waals surface area contributed by atoms with Gasteiger partial charge in [-0.1, -0.05) is 48.0 Å². The molecule has 3 atom stereocenters. The van der Waals surface area contributed by atoms with Crippen molar-refractivity contribution in [1.82, 2.24) is 4.90 Å². The molecule has 2 aromatic rings. The zero-order valence-corrected chi connectivity index (χ0v) is 18.4. The number of benzene rings is 2. The molecule has 3 N–H and O–H groups in total. The number of carboxylic acids is 1. The van der Waals surface area contributed by atoms with Crippen LogP contribution in [0.4, 0.5) is 0 Å². The first-order chi connectivity index (χ1) is 14.8. The summed E-state index contributed by atoms with van der Waals surface area (Å²) in [5.41, 5.74) is 9.66. The normalized spacial score (nSPS) is 23.9. The monoisotopic (exact) mass is 440 g/mol. The van der Waals surface area contributed by atoms with Crippen molar-refractivity contribution in [2.45, 2.75) is 50.0 Å². The lowest BCUT2D eigenvalue weighted by molar-refractivity contribution is -0.146. The highest BCUT2D eigenvalue weighted by molar-refractivity contribution is 6.30. The molecule has 0 aromatic heterocycles. The van der Waals surface area contributed by atoms with Crippen LogP contribution in [0.5, 0.6) is 0 Å². The van der Waals surface area contributed by atoms with Gasteiger partial charge in [-0.15, -0.1) is 0 Å². The number of carbonyl (C=O) groups excluding carboxylic acids is 1. The van der Waals surface area contributed by atoms with Crippen molar-refractivity contribution < 1.29 is 14.7 Å². The summed E-state index contributed by atoms with van der Waals surface area (Å²) in [6.07, 6.45) is 3.86. The van der Waals surface area contributed by atoms with E-state index in [1.165, 1.54) is 5.56 Å². The van der Waals surface area contributed by atoms with Gasteiger partial charge in [-0.3, -0.25) is 9.59 Å². The van der Waals surface area contributed by atoms with Gasteiger partial charge in [0, 0.05) is 23.7 Å². The average molecular weight is 441 g/mol. The van der Waals surface area contributed by atoms with E-state index in [4.69, 9.17) is 17.3 Å². The first-order valence-electron chi connectivity index (χ1n) is 11.0. The molecule has 4 rings (SSSR count). The van der Waals surface area contributed by atoms with Gasteiger partial charge in [-0.2, -0.15) is 0 Å². The number of likely N-dealkylation sites (tertiary alicyclic amines) is 1. The molecule has 31 heavy (non-hydrogen) atoms. The number of nitrogens with zero attached hydrogens (tertiary/aromatic N) is 1. The van der Waals surface area contributed by atoms with Crippen LogP contribution in [0.3, 0.4) is 0 Å². The van der Waals surface area contributed by atoms with Crippen LogP contribution in [0.1, 0.15) is 48.3 Å². The quantitative estimate of drug-likeness (QED) is 0.710. The number of fused-ring (bicyclic) bond motifs is 1. The highest BCUT2D eigenvalue weighted by Crippen LogP contribution is 2.41. The average Bonchev–Trinajstić information content (AvgIpc) is 3.17. The van der Waals surface area contributed by atoms with E-state index in [0.717, 1.165) is 36.8 Å². The lowest BCUT2D eigenvalue weighted by atomic mass is 9.81. The fourth-order valence-corrected chi connectivity index (χ4v) is 5.46. The summed E-state index contributed by atoms with van der Waals surface area (Å²) in [7, 11) is 0. The Bertz CT molecular complexity index is 961. The fraction of sp³-hybridized carbons (Fsp3) is 0.440. The second-order valence-electron chi connectivity index (χ2n) is 9.08. The maximum atomic E-state index is 13.6. The molecule has 1 saturated heterocycles. The molecule has 1 aliphatic heterocycles. The lowest BCUT2D eigenvalue weighted by Crippen LogP contribution is -2.58. The predicted octanol–water partition coefficient (Wildman–Crippen LogP) is 4.02. The van der Waals surface area contributed by atoms with Crippen LogP contribution in [0, 0.1) is 5.92 Å². The molecule has 1 amide bonds. The van der Waals surface area contributed by atoms with Gasteiger partial charge in [0.15, 0.2) is 0 Å². The highest BCUT2D eigenvalue weighted by Gasteiger charge is 2.41. The van der Waals surface area contributed by atoms with Crippen molar-refractivity contribution >= 4 is 23.5 Å². The first-order valence-corrected chi connectivity index (χ1v) is 11.3. The molecule has 0 unspecified atom stereocenters. The third-order valence-electron chi connectivity index (χ3n) is 6.77. The van der Waals surface area contributed by atoms with E-state index in [9.17, 15) is 14.7 Å². The number of halogens is 1. The summed E-state index contributed by atoms with van der Waals surface area (Å²) in [5.74, 6) is -1.61. The van der Waals surface area contributed by atoms with Gasteiger partial charge >= 0.3 is 5.97 Å². The van der Waals surface area contributed by atoms with Crippen molar-refractivity contribution in [2.24, 2.45) is 11.7 Å². The molecule has 2 aliphatic rings. The van der Waals surface area contributed by atoms with Crippen LogP contribution in [-0.2, 0) is 22.4 Å². The molecule has 6 heteroatoms. The Kier molecular flexibility index (Phi) is 6.35. The number of rotatable bonds is 6. The van der Waals surface area contributed by atoms with Crippen LogP contribution in [0.15, 0.2) is 48.5 Å². The molecule has 1 aliphatic carbocycles. The van der Waals surface area contributed by atoms with Crippen LogP contribution in [0.2, 0.25) is 5.02 Å². The molecule has 0 spiro atoms. The van der Waals surface area contributed by atoms with Crippen LogP contribution in [-0.4, -0.2) is 40.5 Å². The number of carboxylic acid groups (broad SMARTS) is 1. The smallest absolute Gasteiger partial charge is 0.304 e. The van der Waals surface area contributed by atoms with Crippen molar-refractivity contribution in [2.75, 3.05) is 13.1 Å². The topological polar surface area (TPSA) is 83.6 Å². The molecule has 5 nitrogen and oxygen atoms in total. The number of aliphatic carboxylic acids is 1. The number of aryl methyl sites for hydroxylation is 1. The lowest BCUT2D eigenvalue weighted by Gasteiger charge is -2.42. The second-order valence-corrected chi connectivity index (χ2v) is 9.51. The van der Waals surface area contributed by atoms with Crippen LogP contribution in [0.25, 0.3) is 0 Å². The number of nitrogens with two attached hydrogens (primary N) is 1. The number of piperidine rings is 1. The van der Waals surface area contributed by atoms with E-state index in [-0.39, 0.29) is 18.2 Å². The summed E-state index contributed by atoms with van der Waals surface area (Å²) < 4.78 is 0. The SMILES string of the molecule is N[C@@]1(Cc2ccc(Cl)cc2)CCCN(C(=O)[C@@H](CC(=O)O)[C@H]2CCc3ccccc32)C1. The Balaban J connectivity index is 1.53. The van der Waals surface area contributed by atoms with Gasteiger partial charge in [0.05, 0.1) is 12.3 Å². The summed E-state index contributed by atoms with van der Waals surface area (Å²) in [6, 6.07) is 15.7. The largest absolute Gasteiger partial charge is 0.481 e. The third kappa shape index (κ3) is 4.94. The Hall–Kier alpha value is -2.37. The first kappa shape index (κ1) is 21.8. The number of amides is 1.